The van der Waals surface area contributed by atoms with E-state index >= 15 is 0 Å². The quantitative estimate of drug-likeness (QED) is 0.903. The molecule has 0 aliphatic heterocycles. The minimum absolute atomic E-state index is 0.248. The molecule has 0 bridgehead atoms. The van der Waals surface area contributed by atoms with Gasteiger partial charge in [0.15, 0.2) is 5.69 Å². The Bertz CT molecular complexity index is 634. The smallest absolute Gasteiger partial charge is 0.276 e. The molecule has 23 heavy (non-hydrogen) atoms. The average Bonchev–Trinajstić information content (AvgIpc) is 2.58. The first-order chi connectivity index (χ1) is 11.2. The summed E-state index contributed by atoms with van der Waals surface area (Å²) in [7, 11) is 0. The number of anilines is 2. The summed E-state index contributed by atoms with van der Waals surface area (Å²) in [6.45, 7) is 2.30. The van der Waals surface area contributed by atoms with Gasteiger partial charge in [-0.2, -0.15) is 0 Å². The van der Waals surface area contributed by atoms with Crippen molar-refractivity contribution in [1.29, 1.82) is 0 Å². The van der Waals surface area contributed by atoms with Crippen LogP contribution in [0.5, 0.6) is 0 Å². The van der Waals surface area contributed by atoms with Crippen LogP contribution in [0.4, 0.5) is 11.5 Å². The Labute approximate surface area is 136 Å². The maximum Gasteiger partial charge on any atom is 0.276 e. The molecule has 1 amide bonds. The fraction of sp³-hybridized carbons (Fsp3) is 0.389. The standard InChI is InChI=1S/C18H22N4O/c1-13-7-9-15(10-8-13)19-17-12-11-16(21-22-17)18(23)20-14-5-3-2-4-6-14/h2-6,11-13,15H,7-10H2,1H3,(H,19,22)(H,20,23). The molecule has 120 valence electrons. The van der Waals surface area contributed by atoms with Crippen LogP contribution in [0, 0.1) is 5.92 Å². The Kier molecular flexibility index (Phi) is 4.86. The van der Waals surface area contributed by atoms with Gasteiger partial charge in [0.2, 0.25) is 0 Å². The first-order valence-corrected chi connectivity index (χ1v) is 8.17. The Morgan fingerprint density at radius 1 is 1.00 bits per heavy atom. The Morgan fingerprint density at radius 3 is 2.39 bits per heavy atom. The zero-order chi connectivity index (χ0) is 16.1. The molecule has 0 unspecified atom stereocenters. The van der Waals surface area contributed by atoms with E-state index < -0.39 is 0 Å². The molecule has 1 aliphatic carbocycles. The molecule has 0 radical (unpaired) electrons. The van der Waals surface area contributed by atoms with E-state index in [4.69, 9.17) is 0 Å². The van der Waals surface area contributed by atoms with E-state index in [1.165, 1.54) is 25.7 Å². The lowest BCUT2D eigenvalue weighted by atomic mass is 9.87. The predicted octanol–water partition coefficient (Wildman–Crippen LogP) is 3.72. The summed E-state index contributed by atoms with van der Waals surface area (Å²) in [5.74, 6) is 1.31. The molecular weight excluding hydrogens is 288 g/mol. The van der Waals surface area contributed by atoms with Crippen LogP contribution >= 0.6 is 0 Å². The second-order valence-electron chi connectivity index (χ2n) is 6.23. The first-order valence-electron chi connectivity index (χ1n) is 8.17. The molecule has 5 heteroatoms. The fourth-order valence-electron chi connectivity index (χ4n) is 2.86. The molecule has 1 saturated carbocycles. The largest absolute Gasteiger partial charge is 0.366 e. The van der Waals surface area contributed by atoms with E-state index in [2.05, 4.69) is 27.8 Å². The van der Waals surface area contributed by atoms with Crippen molar-refractivity contribution < 1.29 is 4.79 Å². The zero-order valence-corrected chi connectivity index (χ0v) is 13.3. The minimum atomic E-state index is -0.248. The lowest BCUT2D eigenvalue weighted by Gasteiger charge is -2.27. The molecule has 1 heterocycles. The van der Waals surface area contributed by atoms with Crippen LogP contribution in [0.3, 0.4) is 0 Å². The van der Waals surface area contributed by atoms with E-state index in [-0.39, 0.29) is 5.91 Å². The first kappa shape index (κ1) is 15.5. The van der Waals surface area contributed by atoms with Crippen LogP contribution in [-0.2, 0) is 0 Å². The molecule has 1 aliphatic rings. The summed E-state index contributed by atoms with van der Waals surface area (Å²) >= 11 is 0. The maximum atomic E-state index is 12.1. The number of aromatic nitrogens is 2. The normalized spacial score (nSPS) is 20.7. The van der Waals surface area contributed by atoms with Crippen LogP contribution in [0.25, 0.3) is 0 Å². The van der Waals surface area contributed by atoms with Gasteiger partial charge in [0.1, 0.15) is 5.82 Å². The van der Waals surface area contributed by atoms with Crippen molar-refractivity contribution >= 4 is 17.4 Å². The molecule has 3 rings (SSSR count). The van der Waals surface area contributed by atoms with E-state index in [0.717, 1.165) is 17.4 Å². The van der Waals surface area contributed by atoms with E-state index in [1.807, 2.05) is 36.4 Å². The Hall–Kier alpha value is -2.43. The van der Waals surface area contributed by atoms with Gasteiger partial charge in [-0.1, -0.05) is 25.1 Å². The number of hydrogen-bond acceptors (Lipinski definition) is 4. The highest BCUT2D eigenvalue weighted by molar-refractivity contribution is 6.02. The average molecular weight is 310 g/mol. The van der Waals surface area contributed by atoms with Gasteiger partial charge in [0.25, 0.3) is 5.91 Å². The van der Waals surface area contributed by atoms with Gasteiger partial charge in [-0.3, -0.25) is 4.79 Å². The van der Waals surface area contributed by atoms with Crippen LogP contribution < -0.4 is 10.6 Å². The fourth-order valence-corrected chi connectivity index (χ4v) is 2.86. The molecule has 0 spiro atoms. The number of para-hydroxylation sites is 1. The minimum Gasteiger partial charge on any atom is -0.366 e. The van der Waals surface area contributed by atoms with Crippen LogP contribution in [0.2, 0.25) is 0 Å². The molecule has 0 atom stereocenters. The monoisotopic (exact) mass is 310 g/mol. The third-order valence-electron chi connectivity index (χ3n) is 4.30. The van der Waals surface area contributed by atoms with Crippen molar-refractivity contribution in [2.75, 3.05) is 10.6 Å². The molecule has 2 N–H and O–H groups in total. The number of carbonyl (C=O) groups is 1. The second kappa shape index (κ2) is 7.22. The molecule has 5 nitrogen and oxygen atoms in total. The van der Waals surface area contributed by atoms with E-state index in [9.17, 15) is 4.79 Å². The topological polar surface area (TPSA) is 66.9 Å². The van der Waals surface area contributed by atoms with Crippen molar-refractivity contribution in [2.24, 2.45) is 5.92 Å². The lowest BCUT2D eigenvalue weighted by molar-refractivity contribution is 0.102. The number of amides is 1. The lowest BCUT2D eigenvalue weighted by Crippen LogP contribution is -2.26. The molecule has 1 aromatic heterocycles. The maximum absolute atomic E-state index is 12.1. The van der Waals surface area contributed by atoms with Crippen molar-refractivity contribution in [2.45, 2.75) is 38.6 Å². The number of nitrogens with one attached hydrogen (secondary N) is 2. The van der Waals surface area contributed by atoms with Gasteiger partial charge in [-0.05, 0) is 55.9 Å². The highest BCUT2D eigenvalue weighted by atomic mass is 16.1. The predicted molar refractivity (Wildman–Crippen MR) is 91.5 cm³/mol. The third kappa shape index (κ3) is 4.28. The van der Waals surface area contributed by atoms with Gasteiger partial charge >= 0.3 is 0 Å². The highest BCUT2D eigenvalue weighted by Crippen LogP contribution is 2.25. The van der Waals surface area contributed by atoms with Gasteiger partial charge in [-0.15, -0.1) is 10.2 Å². The van der Waals surface area contributed by atoms with Crippen molar-refractivity contribution in [1.82, 2.24) is 10.2 Å². The van der Waals surface area contributed by atoms with Gasteiger partial charge < -0.3 is 10.6 Å². The third-order valence-corrected chi connectivity index (χ3v) is 4.30. The van der Waals surface area contributed by atoms with Crippen LogP contribution in [0.1, 0.15) is 43.1 Å². The van der Waals surface area contributed by atoms with Gasteiger partial charge in [0.05, 0.1) is 0 Å². The number of nitrogens with zero attached hydrogens (tertiary/aromatic N) is 2. The van der Waals surface area contributed by atoms with Crippen molar-refractivity contribution in [3.8, 4) is 0 Å². The molecule has 1 fully saturated rings. The van der Waals surface area contributed by atoms with E-state index in [1.54, 1.807) is 6.07 Å². The van der Waals surface area contributed by atoms with Crippen molar-refractivity contribution in [3.05, 3.63) is 48.2 Å². The zero-order valence-electron chi connectivity index (χ0n) is 13.3. The molecule has 0 saturated heterocycles. The Morgan fingerprint density at radius 2 is 1.74 bits per heavy atom. The van der Waals surface area contributed by atoms with Gasteiger partial charge in [-0.25, -0.2) is 0 Å². The second-order valence-corrected chi connectivity index (χ2v) is 6.23. The van der Waals surface area contributed by atoms with E-state index in [0.29, 0.717) is 11.7 Å². The molecule has 1 aromatic carbocycles. The molecular formula is C18H22N4O. The number of rotatable bonds is 4. The van der Waals surface area contributed by atoms with Crippen molar-refractivity contribution in [3.63, 3.8) is 0 Å². The summed E-state index contributed by atoms with van der Waals surface area (Å²) in [6, 6.07) is 13.3. The summed E-state index contributed by atoms with van der Waals surface area (Å²) < 4.78 is 0. The highest BCUT2D eigenvalue weighted by Gasteiger charge is 2.18. The summed E-state index contributed by atoms with van der Waals surface area (Å²) in [6.07, 6.45) is 4.84. The molecule has 2 aromatic rings. The summed E-state index contributed by atoms with van der Waals surface area (Å²) in [5, 5.41) is 14.4. The van der Waals surface area contributed by atoms with Gasteiger partial charge in [0, 0.05) is 11.7 Å². The SMILES string of the molecule is CC1CCC(Nc2ccc(C(=O)Nc3ccccc3)nn2)CC1. The number of hydrogen-bond donors (Lipinski definition) is 2. The number of carbonyl (C=O) groups excluding carboxylic acids is 1. The summed E-state index contributed by atoms with van der Waals surface area (Å²) in [4.78, 5) is 12.1. The Balaban J connectivity index is 1.57. The van der Waals surface area contributed by atoms with Crippen LogP contribution in [0.15, 0.2) is 42.5 Å². The van der Waals surface area contributed by atoms with Crippen LogP contribution in [-0.4, -0.2) is 22.1 Å². The summed E-state index contributed by atoms with van der Waals surface area (Å²) in [5.41, 5.74) is 1.06. The number of benzene rings is 1.